The van der Waals surface area contributed by atoms with Gasteiger partial charge in [0.2, 0.25) is 5.75 Å². The lowest BCUT2D eigenvalue weighted by Gasteiger charge is -2.32. The van der Waals surface area contributed by atoms with Gasteiger partial charge < -0.3 is 4.74 Å². The number of rotatable bonds is 1. The van der Waals surface area contributed by atoms with Crippen LogP contribution in [-0.2, 0) is 9.53 Å². The standard InChI is InChI=1S/C9H18O.CHClO/c1-4-9-6-5-7(2)8(3)10-9;2-1-3/h7-9H,4-6H2,1-3H3;1H. The first kappa shape index (κ1) is 12.9. The van der Waals surface area contributed by atoms with Crippen molar-refractivity contribution in [2.24, 2.45) is 5.92 Å². The predicted octanol–water partition coefficient (Wildman–Crippen LogP) is 3.02. The Labute approximate surface area is 85.6 Å². The number of halogens is 1. The van der Waals surface area contributed by atoms with Gasteiger partial charge in [-0.2, -0.15) is 0 Å². The van der Waals surface area contributed by atoms with Gasteiger partial charge in [-0.3, -0.25) is 4.79 Å². The van der Waals surface area contributed by atoms with Crippen LogP contribution in [0.2, 0.25) is 0 Å². The van der Waals surface area contributed by atoms with Gasteiger partial charge in [0, 0.05) is 0 Å². The number of carbonyl (C=O) groups excluding carboxylic acids is 1. The topological polar surface area (TPSA) is 26.3 Å². The van der Waals surface area contributed by atoms with Crippen LogP contribution in [0.4, 0.5) is 0 Å². The lowest BCUT2D eigenvalue weighted by molar-refractivity contribution is -0.0695. The maximum absolute atomic E-state index is 8.57. The van der Waals surface area contributed by atoms with E-state index in [1.54, 1.807) is 0 Å². The van der Waals surface area contributed by atoms with E-state index in [9.17, 15) is 0 Å². The Morgan fingerprint density at radius 2 is 2.00 bits per heavy atom. The molecule has 0 N–H and O–H groups in total. The zero-order chi connectivity index (χ0) is 10.3. The summed E-state index contributed by atoms with van der Waals surface area (Å²) < 4.78 is 5.75. The predicted molar refractivity (Wildman–Crippen MR) is 55.6 cm³/mol. The fourth-order valence-corrected chi connectivity index (χ4v) is 1.49. The summed E-state index contributed by atoms with van der Waals surface area (Å²) in [6.45, 7) is 6.66. The Hall–Kier alpha value is -0.0800. The molecular formula is C10H19ClO2. The van der Waals surface area contributed by atoms with Crippen LogP contribution in [0.3, 0.4) is 0 Å². The summed E-state index contributed by atoms with van der Waals surface area (Å²) in [4.78, 5) is 8.57. The van der Waals surface area contributed by atoms with E-state index in [-0.39, 0.29) is 5.75 Å². The van der Waals surface area contributed by atoms with Gasteiger partial charge in [0.05, 0.1) is 12.2 Å². The second-order valence-corrected chi connectivity index (χ2v) is 3.69. The molecule has 2 nitrogen and oxygen atoms in total. The molecule has 1 aliphatic heterocycles. The first-order valence-corrected chi connectivity index (χ1v) is 5.28. The number of ether oxygens (including phenoxy) is 1. The van der Waals surface area contributed by atoms with E-state index < -0.39 is 0 Å². The number of carbonyl (C=O) groups is 1. The van der Waals surface area contributed by atoms with E-state index in [1.165, 1.54) is 19.3 Å². The minimum atomic E-state index is 0.222. The van der Waals surface area contributed by atoms with E-state index in [0.717, 1.165) is 5.92 Å². The molecule has 3 heteroatoms. The third kappa shape index (κ3) is 5.27. The third-order valence-corrected chi connectivity index (χ3v) is 2.61. The van der Waals surface area contributed by atoms with Gasteiger partial charge in [-0.1, -0.05) is 13.8 Å². The molecule has 0 amide bonds. The summed E-state index contributed by atoms with van der Waals surface area (Å²) in [5.41, 5.74) is 0. The molecule has 13 heavy (non-hydrogen) atoms. The molecule has 0 aromatic rings. The highest BCUT2D eigenvalue weighted by molar-refractivity contribution is 6.54. The summed E-state index contributed by atoms with van der Waals surface area (Å²) in [6, 6.07) is 0. The Bertz CT molecular complexity index is 139. The Morgan fingerprint density at radius 3 is 2.38 bits per heavy atom. The zero-order valence-corrected chi connectivity index (χ0v) is 9.38. The average molecular weight is 207 g/mol. The fraction of sp³-hybridized carbons (Fsp3) is 0.900. The molecule has 0 aromatic heterocycles. The quantitative estimate of drug-likeness (QED) is 0.487. The van der Waals surface area contributed by atoms with Crippen LogP contribution in [0, 0.1) is 5.92 Å². The molecule has 0 bridgehead atoms. The molecule has 0 saturated carbocycles. The largest absolute Gasteiger partial charge is 0.375 e. The highest BCUT2D eigenvalue weighted by atomic mass is 35.5. The van der Waals surface area contributed by atoms with Crippen molar-refractivity contribution in [3.8, 4) is 0 Å². The van der Waals surface area contributed by atoms with Crippen molar-refractivity contribution in [2.75, 3.05) is 0 Å². The molecule has 0 aliphatic carbocycles. The molecule has 78 valence electrons. The first-order valence-electron chi connectivity index (χ1n) is 4.85. The number of hydrogen-bond acceptors (Lipinski definition) is 2. The average Bonchev–Trinajstić information content (AvgIpc) is 2.11. The van der Waals surface area contributed by atoms with Gasteiger partial charge in [0.25, 0.3) is 0 Å². The Morgan fingerprint density at radius 1 is 1.46 bits per heavy atom. The fourth-order valence-electron chi connectivity index (χ4n) is 1.49. The lowest BCUT2D eigenvalue weighted by Crippen LogP contribution is -2.30. The molecule has 1 aliphatic rings. The van der Waals surface area contributed by atoms with E-state index in [1.807, 2.05) is 0 Å². The normalized spacial score (nSPS) is 33.1. The second-order valence-electron chi connectivity index (χ2n) is 3.52. The van der Waals surface area contributed by atoms with Crippen LogP contribution in [0.15, 0.2) is 0 Å². The first-order chi connectivity index (χ1) is 6.15. The summed E-state index contributed by atoms with van der Waals surface area (Å²) in [5.74, 6) is 0.989. The Balaban J connectivity index is 0.000000424. The van der Waals surface area contributed by atoms with Gasteiger partial charge >= 0.3 is 0 Å². The molecule has 1 rings (SSSR count). The van der Waals surface area contributed by atoms with Crippen LogP contribution in [0.5, 0.6) is 0 Å². The van der Waals surface area contributed by atoms with Crippen molar-refractivity contribution in [1.29, 1.82) is 0 Å². The van der Waals surface area contributed by atoms with Crippen LogP contribution in [-0.4, -0.2) is 18.0 Å². The molecule has 0 spiro atoms. The van der Waals surface area contributed by atoms with E-state index in [0.29, 0.717) is 12.2 Å². The number of hydrogen-bond donors (Lipinski definition) is 0. The summed E-state index contributed by atoms with van der Waals surface area (Å²) in [6.07, 6.45) is 4.82. The van der Waals surface area contributed by atoms with Crippen molar-refractivity contribution in [3.63, 3.8) is 0 Å². The molecular weight excluding hydrogens is 188 g/mol. The Kier molecular flexibility index (Phi) is 7.29. The van der Waals surface area contributed by atoms with E-state index >= 15 is 0 Å². The molecule has 0 radical (unpaired) electrons. The maximum Gasteiger partial charge on any atom is 0.208 e. The summed E-state index contributed by atoms with van der Waals surface area (Å²) in [7, 11) is 0. The van der Waals surface area contributed by atoms with Crippen LogP contribution < -0.4 is 0 Å². The minimum Gasteiger partial charge on any atom is -0.375 e. The van der Waals surface area contributed by atoms with Crippen molar-refractivity contribution in [2.45, 2.75) is 52.2 Å². The van der Waals surface area contributed by atoms with Crippen LogP contribution >= 0.6 is 11.6 Å². The second kappa shape index (κ2) is 7.34. The van der Waals surface area contributed by atoms with Gasteiger partial charge in [-0.25, -0.2) is 0 Å². The van der Waals surface area contributed by atoms with Gasteiger partial charge in [0.1, 0.15) is 0 Å². The smallest absolute Gasteiger partial charge is 0.208 e. The summed E-state index contributed by atoms with van der Waals surface area (Å²) in [5, 5.41) is 0. The zero-order valence-electron chi connectivity index (χ0n) is 8.63. The molecule has 1 heterocycles. The van der Waals surface area contributed by atoms with Crippen molar-refractivity contribution < 1.29 is 9.53 Å². The highest BCUT2D eigenvalue weighted by Crippen LogP contribution is 2.25. The lowest BCUT2D eigenvalue weighted by atomic mass is 9.93. The van der Waals surface area contributed by atoms with Gasteiger partial charge in [-0.05, 0) is 43.7 Å². The molecule has 0 aromatic carbocycles. The summed E-state index contributed by atoms with van der Waals surface area (Å²) >= 11 is 4.32. The SMILES string of the molecule is CCC1CCC(C)C(C)O1.O=CCl. The third-order valence-electron chi connectivity index (χ3n) is 2.61. The maximum atomic E-state index is 8.57. The van der Waals surface area contributed by atoms with Gasteiger partial charge in [0.15, 0.2) is 0 Å². The molecule has 3 atom stereocenters. The van der Waals surface area contributed by atoms with Crippen LogP contribution in [0.25, 0.3) is 0 Å². The molecule has 3 unspecified atom stereocenters. The molecule has 1 fully saturated rings. The van der Waals surface area contributed by atoms with Crippen molar-refractivity contribution in [3.05, 3.63) is 0 Å². The van der Waals surface area contributed by atoms with E-state index in [4.69, 9.17) is 9.53 Å². The minimum absolute atomic E-state index is 0.222. The molecule has 1 saturated heterocycles. The van der Waals surface area contributed by atoms with Crippen molar-refractivity contribution >= 4 is 17.3 Å². The van der Waals surface area contributed by atoms with Crippen LogP contribution in [0.1, 0.15) is 40.0 Å². The van der Waals surface area contributed by atoms with Gasteiger partial charge in [-0.15, -0.1) is 0 Å². The highest BCUT2D eigenvalue weighted by Gasteiger charge is 2.23. The van der Waals surface area contributed by atoms with Crippen molar-refractivity contribution in [1.82, 2.24) is 0 Å². The van der Waals surface area contributed by atoms with E-state index in [2.05, 4.69) is 32.4 Å². The monoisotopic (exact) mass is 206 g/mol.